The number of rotatable bonds is 2. The van der Waals surface area contributed by atoms with Crippen molar-refractivity contribution in [2.75, 3.05) is 0 Å². The van der Waals surface area contributed by atoms with Crippen LogP contribution in [0.3, 0.4) is 0 Å². The number of piperidine rings is 1. The van der Waals surface area contributed by atoms with Crippen molar-refractivity contribution in [3.05, 3.63) is 14.5 Å². The molecule has 1 aliphatic rings. The van der Waals surface area contributed by atoms with E-state index >= 15 is 0 Å². The molecule has 1 saturated heterocycles. The van der Waals surface area contributed by atoms with E-state index in [4.69, 9.17) is 12.2 Å². The summed E-state index contributed by atoms with van der Waals surface area (Å²) in [5, 5.41) is 0. The largest absolute Gasteiger partial charge is 0.341 e. The molecular weight excluding hydrogens is 264 g/mol. The van der Waals surface area contributed by atoms with Gasteiger partial charge < -0.3 is 9.88 Å². The first kappa shape index (κ1) is 13.7. The first-order valence-electron chi connectivity index (χ1n) is 6.48. The molecular formula is C13H20N2OS2. The molecule has 0 unspecified atom stereocenters. The number of aromatic amines is 1. The quantitative estimate of drug-likeness (QED) is 0.844. The number of hydrogen-bond donors (Lipinski definition) is 1. The summed E-state index contributed by atoms with van der Waals surface area (Å²) in [7, 11) is 0. The standard InChI is InChI=1S/C13H20N2OS2/c1-8-5-4-6-9(2)15(8)12(16)7-11-10(3)14-13(17)18-11/h8-9H,4-7H2,1-3H3,(H,14,17)/t8-,9+. The van der Waals surface area contributed by atoms with Crippen LogP contribution in [0.15, 0.2) is 0 Å². The van der Waals surface area contributed by atoms with E-state index in [1.54, 1.807) is 0 Å². The van der Waals surface area contributed by atoms with Gasteiger partial charge in [-0.3, -0.25) is 4.79 Å². The van der Waals surface area contributed by atoms with Gasteiger partial charge in [0.2, 0.25) is 5.91 Å². The fraction of sp³-hybridized carbons (Fsp3) is 0.692. The Balaban J connectivity index is 2.11. The van der Waals surface area contributed by atoms with Crippen molar-refractivity contribution in [3.8, 4) is 0 Å². The van der Waals surface area contributed by atoms with Gasteiger partial charge >= 0.3 is 0 Å². The number of aryl methyl sites for hydroxylation is 1. The molecule has 0 bridgehead atoms. The first-order chi connectivity index (χ1) is 8.49. The Hall–Kier alpha value is -0.680. The monoisotopic (exact) mass is 284 g/mol. The van der Waals surface area contributed by atoms with Crippen LogP contribution in [-0.4, -0.2) is 27.9 Å². The highest BCUT2D eigenvalue weighted by molar-refractivity contribution is 7.73. The number of H-pyrrole nitrogens is 1. The highest BCUT2D eigenvalue weighted by Gasteiger charge is 2.29. The van der Waals surface area contributed by atoms with Gasteiger partial charge in [0.25, 0.3) is 0 Å². The number of aromatic nitrogens is 1. The number of carbonyl (C=O) groups excluding carboxylic acids is 1. The minimum absolute atomic E-state index is 0.239. The van der Waals surface area contributed by atoms with E-state index in [2.05, 4.69) is 23.7 Å². The Morgan fingerprint density at radius 3 is 2.56 bits per heavy atom. The van der Waals surface area contributed by atoms with Gasteiger partial charge in [-0.15, -0.1) is 11.3 Å². The second-order valence-electron chi connectivity index (χ2n) is 5.17. The van der Waals surface area contributed by atoms with Crippen LogP contribution in [0.1, 0.15) is 43.7 Å². The SMILES string of the molecule is Cc1[nH]c(=S)sc1CC(=O)N1[C@H](C)CCC[C@@H]1C. The molecule has 1 aromatic heterocycles. The maximum absolute atomic E-state index is 12.4. The number of carbonyl (C=O) groups is 1. The maximum Gasteiger partial charge on any atom is 0.228 e. The molecule has 1 amide bonds. The third-order valence-corrected chi connectivity index (χ3v) is 5.05. The molecule has 1 aromatic rings. The van der Waals surface area contributed by atoms with Crippen molar-refractivity contribution in [2.24, 2.45) is 0 Å². The molecule has 18 heavy (non-hydrogen) atoms. The number of nitrogens with one attached hydrogen (secondary N) is 1. The number of hydrogen-bond acceptors (Lipinski definition) is 3. The lowest BCUT2D eigenvalue weighted by Gasteiger charge is -2.39. The van der Waals surface area contributed by atoms with Crippen molar-refractivity contribution < 1.29 is 4.79 Å². The van der Waals surface area contributed by atoms with Gasteiger partial charge in [0.1, 0.15) is 0 Å². The van der Waals surface area contributed by atoms with E-state index in [0.29, 0.717) is 18.5 Å². The van der Waals surface area contributed by atoms with E-state index in [1.807, 2.05) is 6.92 Å². The summed E-state index contributed by atoms with van der Waals surface area (Å²) < 4.78 is 0.759. The van der Waals surface area contributed by atoms with E-state index in [9.17, 15) is 4.79 Å². The normalized spacial score (nSPS) is 24.3. The molecule has 0 radical (unpaired) electrons. The number of likely N-dealkylation sites (tertiary alicyclic amines) is 1. The molecule has 0 aliphatic carbocycles. The average Bonchev–Trinajstić information content (AvgIpc) is 2.57. The van der Waals surface area contributed by atoms with Crippen LogP contribution in [0.5, 0.6) is 0 Å². The Kier molecular flexibility index (Phi) is 4.22. The molecule has 2 heterocycles. The minimum Gasteiger partial charge on any atom is -0.341 e. The van der Waals surface area contributed by atoms with Crippen LogP contribution >= 0.6 is 23.6 Å². The van der Waals surface area contributed by atoms with Crippen molar-refractivity contribution in [3.63, 3.8) is 0 Å². The molecule has 2 atom stereocenters. The van der Waals surface area contributed by atoms with Crippen LogP contribution in [0.2, 0.25) is 0 Å². The molecule has 2 rings (SSSR count). The van der Waals surface area contributed by atoms with Crippen LogP contribution in [-0.2, 0) is 11.2 Å². The van der Waals surface area contributed by atoms with Crippen LogP contribution < -0.4 is 0 Å². The van der Waals surface area contributed by atoms with Gasteiger partial charge in [-0.05, 0) is 52.3 Å². The second-order valence-corrected chi connectivity index (χ2v) is 6.94. The molecule has 1 N–H and O–H groups in total. The van der Waals surface area contributed by atoms with Crippen LogP contribution in [0.4, 0.5) is 0 Å². The molecule has 100 valence electrons. The van der Waals surface area contributed by atoms with Gasteiger partial charge in [0, 0.05) is 22.7 Å². The summed E-state index contributed by atoms with van der Waals surface area (Å²) in [6.45, 7) is 6.29. The van der Waals surface area contributed by atoms with Gasteiger partial charge in [-0.2, -0.15) is 0 Å². The summed E-state index contributed by atoms with van der Waals surface area (Å²) in [4.78, 5) is 18.7. The van der Waals surface area contributed by atoms with Crippen molar-refractivity contribution in [2.45, 2.75) is 58.5 Å². The van der Waals surface area contributed by atoms with Crippen molar-refractivity contribution in [1.29, 1.82) is 0 Å². The summed E-state index contributed by atoms with van der Waals surface area (Å²) in [5.74, 6) is 0.239. The van der Waals surface area contributed by atoms with Crippen molar-refractivity contribution in [1.82, 2.24) is 9.88 Å². The predicted molar refractivity (Wildman–Crippen MR) is 77.6 cm³/mol. The Labute approximate surface area is 117 Å². The lowest BCUT2D eigenvalue weighted by Crippen LogP contribution is -2.48. The lowest BCUT2D eigenvalue weighted by molar-refractivity contribution is -0.136. The molecule has 5 heteroatoms. The van der Waals surface area contributed by atoms with Gasteiger partial charge in [0.15, 0.2) is 3.95 Å². The Morgan fingerprint density at radius 2 is 2.06 bits per heavy atom. The zero-order valence-electron chi connectivity index (χ0n) is 11.2. The summed E-state index contributed by atoms with van der Waals surface area (Å²) in [6.07, 6.45) is 3.96. The van der Waals surface area contributed by atoms with Gasteiger partial charge in [0.05, 0.1) is 6.42 Å². The number of nitrogens with zero attached hydrogens (tertiary/aromatic N) is 1. The topological polar surface area (TPSA) is 36.1 Å². The number of amides is 1. The van der Waals surface area contributed by atoms with E-state index < -0.39 is 0 Å². The molecule has 1 aliphatic heterocycles. The summed E-state index contributed by atoms with van der Waals surface area (Å²) in [5.41, 5.74) is 1.04. The van der Waals surface area contributed by atoms with E-state index in [-0.39, 0.29) is 5.91 Å². The molecule has 3 nitrogen and oxygen atoms in total. The van der Waals surface area contributed by atoms with E-state index in [0.717, 1.165) is 27.4 Å². The average molecular weight is 284 g/mol. The van der Waals surface area contributed by atoms with Gasteiger partial charge in [-0.25, -0.2) is 0 Å². The second kappa shape index (κ2) is 5.53. The molecule has 0 saturated carbocycles. The Morgan fingerprint density at radius 1 is 1.44 bits per heavy atom. The fourth-order valence-electron chi connectivity index (χ4n) is 2.75. The highest BCUT2D eigenvalue weighted by atomic mass is 32.1. The first-order valence-corrected chi connectivity index (χ1v) is 7.71. The number of thiazole rings is 1. The summed E-state index contributed by atoms with van der Waals surface area (Å²) in [6, 6.07) is 0.738. The molecule has 0 spiro atoms. The smallest absolute Gasteiger partial charge is 0.228 e. The fourth-order valence-corrected chi connectivity index (χ4v) is 4.03. The van der Waals surface area contributed by atoms with Crippen LogP contribution in [0, 0.1) is 10.9 Å². The lowest BCUT2D eigenvalue weighted by atomic mass is 9.97. The molecule has 0 aromatic carbocycles. The zero-order valence-corrected chi connectivity index (χ0v) is 12.8. The van der Waals surface area contributed by atoms with Crippen molar-refractivity contribution >= 4 is 29.5 Å². The maximum atomic E-state index is 12.4. The van der Waals surface area contributed by atoms with Gasteiger partial charge in [-0.1, -0.05) is 0 Å². The van der Waals surface area contributed by atoms with E-state index in [1.165, 1.54) is 17.8 Å². The van der Waals surface area contributed by atoms with Crippen LogP contribution in [0.25, 0.3) is 0 Å². The Bertz CT molecular complexity index is 481. The third-order valence-electron chi connectivity index (χ3n) is 3.72. The minimum atomic E-state index is 0.239. The predicted octanol–water partition coefficient (Wildman–Crippen LogP) is 3.45. The highest BCUT2D eigenvalue weighted by Crippen LogP contribution is 2.24. The zero-order chi connectivity index (χ0) is 13.3. The molecule has 1 fully saturated rings. The summed E-state index contributed by atoms with van der Waals surface area (Å²) >= 11 is 6.64. The third kappa shape index (κ3) is 2.83.